The van der Waals surface area contributed by atoms with Crippen LogP contribution >= 0.6 is 0 Å². The smallest absolute Gasteiger partial charge is 0.338 e. The van der Waals surface area contributed by atoms with Crippen molar-refractivity contribution in [3.63, 3.8) is 0 Å². The molecule has 0 amide bonds. The summed E-state index contributed by atoms with van der Waals surface area (Å²) < 4.78 is 4.77. The molecule has 0 unspecified atom stereocenters. The number of carboxylic acids is 1. The summed E-state index contributed by atoms with van der Waals surface area (Å²) in [5.74, 6) is -0.870. The van der Waals surface area contributed by atoms with E-state index in [1.54, 1.807) is 13.8 Å². The van der Waals surface area contributed by atoms with Crippen molar-refractivity contribution in [2.24, 2.45) is 0 Å². The third-order valence-corrected chi connectivity index (χ3v) is 1.56. The van der Waals surface area contributed by atoms with Crippen molar-refractivity contribution in [3.05, 3.63) is 0 Å². The number of epoxide rings is 1. The van der Waals surface area contributed by atoms with Gasteiger partial charge in [0.25, 0.3) is 0 Å². The molecule has 3 heteroatoms. The number of carbonyl (C=O) groups is 1. The molecule has 0 aromatic heterocycles. The minimum atomic E-state index is -0.875. The van der Waals surface area contributed by atoms with Gasteiger partial charge in [0.05, 0.1) is 6.10 Å². The summed E-state index contributed by atoms with van der Waals surface area (Å²) in [5, 5.41) is 8.36. The second-order valence-corrected chi connectivity index (χ2v) is 2.17. The maximum absolute atomic E-state index is 10.2. The highest BCUT2D eigenvalue weighted by Crippen LogP contribution is 2.35. The molecule has 1 heterocycles. The maximum Gasteiger partial charge on any atom is 0.338 e. The Kier molecular flexibility index (Phi) is 0.854. The van der Waals surface area contributed by atoms with Crippen molar-refractivity contribution in [2.45, 2.75) is 25.6 Å². The van der Waals surface area contributed by atoms with Gasteiger partial charge in [0.1, 0.15) is 0 Å². The minimum absolute atomic E-state index is 0.111. The molecule has 0 spiro atoms. The van der Waals surface area contributed by atoms with Gasteiger partial charge in [0.15, 0.2) is 5.60 Å². The van der Waals surface area contributed by atoms with Crippen LogP contribution in [0.2, 0.25) is 0 Å². The number of hydrogen-bond donors (Lipinski definition) is 1. The summed E-state index contributed by atoms with van der Waals surface area (Å²) in [7, 11) is 0. The first-order valence-electron chi connectivity index (χ1n) is 2.48. The fourth-order valence-electron chi connectivity index (χ4n) is 0.557. The van der Waals surface area contributed by atoms with Crippen LogP contribution in [0.1, 0.15) is 13.8 Å². The molecule has 2 atom stereocenters. The van der Waals surface area contributed by atoms with E-state index in [9.17, 15) is 4.79 Å². The molecule has 46 valence electrons. The lowest BCUT2D eigenvalue weighted by molar-refractivity contribution is -0.142. The summed E-state index contributed by atoms with van der Waals surface area (Å²) in [6, 6.07) is 0. The van der Waals surface area contributed by atoms with Crippen LogP contribution in [0.5, 0.6) is 0 Å². The number of hydrogen-bond acceptors (Lipinski definition) is 2. The Morgan fingerprint density at radius 2 is 2.25 bits per heavy atom. The van der Waals surface area contributed by atoms with Crippen LogP contribution in [0.3, 0.4) is 0 Å². The first-order valence-corrected chi connectivity index (χ1v) is 2.48. The molecular formula is C5H8O3. The van der Waals surface area contributed by atoms with E-state index < -0.39 is 11.6 Å². The highest BCUT2D eigenvalue weighted by atomic mass is 16.6. The van der Waals surface area contributed by atoms with Crippen LogP contribution in [0, 0.1) is 0 Å². The van der Waals surface area contributed by atoms with Crippen molar-refractivity contribution < 1.29 is 14.6 Å². The van der Waals surface area contributed by atoms with Gasteiger partial charge in [-0.1, -0.05) is 0 Å². The van der Waals surface area contributed by atoms with Crippen molar-refractivity contribution in [3.8, 4) is 0 Å². The van der Waals surface area contributed by atoms with Crippen LogP contribution in [0.4, 0.5) is 0 Å². The first-order chi connectivity index (χ1) is 3.57. The van der Waals surface area contributed by atoms with Gasteiger partial charge in [-0.25, -0.2) is 4.79 Å². The van der Waals surface area contributed by atoms with E-state index in [1.165, 1.54) is 0 Å². The normalized spacial score (nSPS) is 44.0. The fourth-order valence-corrected chi connectivity index (χ4v) is 0.557. The zero-order chi connectivity index (χ0) is 6.36. The summed E-state index contributed by atoms with van der Waals surface area (Å²) in [6.45, 7) is 3.31. The lowest BCUT2D eigenvalue weighted by Gasteiger charge is -1.92. The Morgan fingerprint density at radius 3 is 2.25 bits per heavy atom. The molecule has 0 saturated carbocycles. The Balaban J connectivity index is 2.60. The largest absolute Gasteiger partial charge is 0.479 e. The molecule has 1 rings (SSSR count). The standard InChI is InChI=1S/C5H8O3/c1-3-5(2,8-3)4(6)7/h3H,1-2H3,(H,6,7)/t3-,5-/m0/s1. The van der Waals surface area contributed by atoms with Crippen molar-refractivity contribution in [1.82, 2.24) is 0 Å². The molecule has 8 heavy (non-hydrogen) atoms. The predicted octanol–water partition coefficient (Wildman–Crippen LogP) is 0.248. The number of rotatable bonds is 1. The summed E-state index contributed by atoms with van der Waals surface area (Å²) in [5.41, 5.74) is -0.875. The van der Waals surface area contributed by atoms with E-state index in [-0.39, 0.29) is 6.10 Å². The fraction of sp³-hybridized carbons (Fsp3) is 0.800. The Morgan fingerprint density at radius 1 is 1.88 bits per heavy atom. The summed E-state index contributed by atoms with van der Waals surface area (Å²) in [4.78, 5) is 10.2. The lowest BCUT2D eigenvalue weighted by atomic mass is 10.1. The van der Waals surface area contributed by atoms with Crippen LogP contribution in [-0.2, 0) is 9.53 Å². The van der Waals surface area contributed by atoms with Gasteiger partial charge in [-0.05, 0) is 13.8 Å². The minimum Gasteiger partial charge on any atom is -0.479 e. The number of carboxylic acid groups (broad SMARTS) is 1. The third kappa shape index (κ3) is 0.512. The third-order valence-electron chi connectivity index (χ3n) is 1.56. The van der Waals surface area contributed by atoms with Gasteiger partial charge >= 0.3 is 5.97 Å². The van der Waals surface area contributed by atoms with Gasteiger partial charge < -0.3 is 9.84 Å². The summed E-state index contributed by atoms with van der Waals surface area (Å²) >= 11 is 0. The van der Waals surface area contributed by atoms with E-state index in [1.807, 2.05) is 0 Å². The molecule has 1 fully saturated rings. The zero-order valence-electron chi connectivity index (χ0n) is 4.84. The topological polar surface area (TPSA) is 49.8 Å². The van der Waals surface area contributed by atoms with E-state index in [4.69, 9.17) is 9.84 Å². The Hall–Kier alpha value is -0.570. The zero-order valence-corrected chi connectivity index (χ0v) is 4.84. The molecule has 0 aliphatic carbocycles. The molecule has 3 nitrogen and oxygen atoms in total. The highest BCUT2D eigenvalue weighted by molar-refractivity contribution is 5.80. The monoisotopic (exact) mass is 116 g/mol. The second-order valence-electron chi connectivity index (χ2n) is 2.17. The van der Waals surface area contributed by atoms with Crippen LogP contribution in [0.15, 0.2) is 0 Å². The van der Waals surface area contributed by atoms with Crippen molar-refractivity contribution >= 4 is 5.97 Å². The van der Waals surface area contributed by atoms with Crippen LogP contribution < -0.4 is 0 Å². The van der Waals surface area contributed by atoms with E-state index in [0.29, 0.717) is 0 Å². The average molecular weight is 116 g/mol. The molecule has 0 aromatic rings. The molecular weight excluding hydrogens is 108 g/mol. The summed E-state index contributed by atoms with van der Waals surface area (Å²) in [6.07, 6.45) is -0.111. The molecule has 0 radical (unpaired) electrons. The molecule has 1 N–H and O–H groups in total. The van der Waals surface area contributed by atoms with Crippen LogP contribution in [-0.4, -0.2) is 22.8 Å². The Labute approximate surface area is 47.3 Å². The number of ether oxygens (including phenoxy) is 1. The number of aliphatic carboxylic acids is 1. The molecule has 0 bridgehead atoms. The quantitative estimate of drug-likeness (QED) is 0.499. The Bertz CT molecular complexity index is 132. The van der Waals surface area contributed by atoms with Gasteiger partial charge in [-0.15, -0.1) is 0 Å². The van der Waals surface area contributed by atoms with Gasteiger partial charge in [-0.3, -0.25) is 0 Å². The lowest BCUT2D eigenvalue weighted by Crippen LogP contribution is -2.21. The molecule has 0 aromatic carbocycles. The molecule has 1 saturated heterocycles. The van der Waals surface area contributed by atoms with Gasteiger partial charge in [0, 0.05) is 0 Å². The second kappa shape index (κ2) is 1.23. The van der Waals surface area contributed by atoms with Gasteiger partial charge in [-0.2, -0.15) is 0 Å². The van der Waals surface area contributed by atoms with E-state index in [2.05, 4.69) is 0 Å². The van der Waals surface area contributed by atoms with E-state index >= 15 is 0 Å². The van der Waals surface area contributed by atoms with Crippen LogP contribution in [0.25, 0.3) is 0 Å². The van der Waals surface area contributed by atoms with E-state index in [0.717, 1.165) is 0 Å². The predicted molar refractivity (Wildman–Crippen MR) is 26.6 cm³/mol. The first kappa shape index (κ1) is 5.56. The van der Waals surface area contributed by atoms with Gasteiger partial charge in [0.2, 0.25) is 0 Å². The maximum atomic E-state index is 10.2. The van der Waals surface area contributed by atoms with Crippen molar-refractivity contribution in [2.75, 3.05) is 0 Å². The average Bonchev–Trinajstić information content (AvgIpc) is 2.17. The molecule has 1 aliphatic heterocycles. The van der Waals surface area contributed by atoms with Crippen molar-refractivity contribution in [1.29, 1.82) is 0 Å². The highest BCUT2D eigenvalue weighted by Gasteiger charge is 2.56. The molecule has 1 aliphatic rings. The SMILES string of the molecule is C[C@@H]1O[C@]1(C)C(=O)O.